The number of sulfonamides is 1. The Bertz CT molecular complexity index is 1020. The van der Waals surface area contributed by atoms with Gasteiger partial charge < -0.3 is 4.74 Å². The van der Waals surface area contributed by atoms with Crippen molar-refractivity contribution in [2.75, 3.05) is 6.61 Å². The normalized spacial score (nSPS) is 12.7. The third-order valence-electron chi connectivity index (χ3n) is 3.96. The van der Waals surface area contributed by atoms with Crippen LogP contribution >= 0.6 is 0 Å². The number of carbonyl (C=O) groups excluding carboxylic acids is 1. The van der Waals surface area contributed by atoms with Gasteiger partial charge in [-0.15, -0.1) is 0 Å². The molecule has 0 radical (unpaired) electrons. The van der Waals surface area contributed by atoms with Crippen LogP contribution in [-0.2, 0) is 19.6 Å². The zero-order valence-electron chi connectivity index (χ0n) is 14.3. The van der Waals surface area contributed by atoms with Crippen LogP contribution in [0.3, 0.4) is 0 Å². The molecular formula is C20H19NO4S. The number of hydrogen-bond donors (Lipinski definition) is 1. The number of ether oxygens (including phenoxy) is 1. The highest BCUT2D eigenvalue weighted by Crippen LogP contribution is 2.22. The van der Waals surface area contributed by atoms with E-state index in [1.165, 1.54) is 6.07 Å². The highest BCUT2D eigenvalue weighted by molar-refractivity contribution is 7.89. The molecule has 1 N–H and O–H groups in total. The maximum absolute atomic E-state index is 12.8. The lowest BCUT2D eigenvalue weighted by Gasteiger charge is -2.18. The Balaban J connectivity index is 1.96. The van der Waals surface area contributed by atoms with E-state index in [1.54, 1.807) is 49.4 Å². The molecule has 3 aromatic carbocycles. The van der Waals surface area contributed by atoms with E-state index in [-0.39, 0.29) is 11.5 Å². The summed E-state index contributed by atoms with van der Waals surface area (Å²) in [5.74, 6) is -0.636. The van der Waals surface area contributed by atoms with Crippen molar-refractivity contribution in [3.05, 3.63) is 78.4 Å². The molecule has 0 saturated heterocycles. The van der Waals surface area contributed by atoms with Crippen molar-refractivity contribution in [3.8, 4) is 0 Å². The van der Waals surface area contributed by atoms with Crippen LogP contribution in [-0.4, -0.2) is 21.0 Å². The number of esters is 1. The average Bonchev–Trinajstić information content (AvgIpc) is 2.66. The molecular weight excluding hydrogens is 350 g/mol. The van der Waals surface area contributed by atoms with Gasteiger partial charge in [0.15, 0.2) is 0 Å². The molecule has 0 aliphatic heterocycles. The number of hydrogen-bond acceptors (Lipinski definition) is 4. The van der Waals surface area contributed by atoms with Crippen molar-refractivity contribution >= 4 is 26.8 Å². The quantitative estimate of drug-likeness (QED) is 0.676. The molecule has 134 valence electrons. The fourth-order valence-corrected chi connectivity index (χ4v) is 3.89. The number of nitrogens with one attached hydrogen (secondary N) is 1. The van der Waals surface area contributed by atoms with Crippen molar-refractivity contribution in [3.63, 3.8) is 0 Å². The minimum atomic E-state index is -3.91. The van der Waals surface area contributed by atoms with Crippen molar-refractivity contribution in [1.82, 2.24) is 4.72 Å². The molecule has 0 aromatic heterocycles. The second-order valence-corrected chi connectivity index (χ2v) is 7.44. The summed E-state index contributed by atoms with van der Waals surface area (Å²) in [6.45, 7) is 1.84. The van der Waals surface area contributed by atoms with Crippen LogP contribution in [0, 0.1) is 0 Å². The van der Waals surface area contributed by atoms with Gasteiger partial charge in [0.1, 0.15) is 6.04 Å². The minimum Gasteiger partial charge on any atom is -0.465 e. The number of rotatable bonds is 6. The lowest BCUT2D eigenvalue weighted by Crippen LogP contribution is -2.35. The fourth-order valence-electron chi connectivity index (χ4n) is 2.68. The Kier molecular flexibility index (Phi) is 5.35. The molecule has 0 heterocycles. The van der Waals surface area contributed by atoms with E-state index in [2.05, 4.69) is 4.72 Å². The minimum absolute atomic E-state index is 0.0985. The van der Waals surface area contributed by atoms with Gasteiger partial charge in [-0.05, 0) is 35.4 Å². The first kappa shape index (κ1) is 18.1. The molecule has 3 aromatic rings. The zero-order valence-corrected chi connectivity index (χ0v) is 15.1. The summed E-state index contributed by atoms with van der Waals surface area (Å²) >= 11 is 0. The molecule has 0 bridgehead atoms. The predicted molar refractivity (Wildman–Crippen MR) is 100 cm³/mol. The van der Waals surface area contributed by atoms with Gasteiger partial charge in [0, 0.05) is 0 Å². The second kappa shape index (κ2) is 7.68. The monoisotopic (exact) mass is 369 g/mol. The Hall–Kier alpha value is -2.70. The predicted octanol–water partition coefficient (Wildman–Crippen LogP) is 3.42. The first-order valence-corrected chi connectivity index (χ1v) is 9.72. The van der Waals surface area contributed by atoms with Crippen molar-refractivity contribution < 1.29 is 17.9 Å². The summed E-state index contributed by atoms with van der Waals surface area (Å²) in [5.41, 5.74) is 0.523. The van der Waals surface area contributed by atoms with Crippen LogP contribution in [0.15, 0.2) is 77.7 Å². The summed E-state index contributed by atoms with van der Waals surface area (Å²) in [6, 6.07) is 19.9. The molecule has 26 heavy (non-hydrogen) atoms. The Morgan fingerprint density at radius 3 is 2.31 bits per heavy atom. The van der Waals surface area contributed by atoms with Crippen LogP contribution in [0.5, 0.6) is 0 Å². The molecule has 1 atom stereocenters. The van der Waals surface area contributed by atoms with E-state index in [0.29, 0.717) is 5.56 Å². The molecule has 0 saturated carbocycles. The Labute approximate surface area is 152 Å². The Morgan fingerprint density at radius 1 is 0.962 bits per heavy atom. The largest absolute Gasteiger partial charge is 0.465 e. The van der Waals surface area contributed by atoms with Gasteiger partial charge in [-0.2, -0.15) is 4.72 Å². The summed E-state index contributed by atoms with van der Waals surface area (Å²) in [7, 11) is -3.91. The van der Waals surface area contributed by atoms with Crippen molar-refractivity contribution in [1.29, 1.82) is 0 Å². The number of carbonyl (C=O) groups is 1. The van der Waals surface area contributed by atoms with Crippen LogP contribution in [0.2, 0.25) is 0 Å². The van der Waals surface area contributed by atoms with E-state index in [0.717, 1.165) is 10.8 Å². The zero-order chi connectivity index (χ0) is 18.6. The molecule has 0 aliphatic rings. The van der Waals surface area contributed by atoms with Crippen LogP contribution in [0.4, 0.5) is 0 Å². The lowest BCUT2D eigenvalue weighted by atomic mass is 10.1. The van der Waals surface area contributed by atoms with Crippen LogP contribution in [0.25, 0.3) is 10.8 Å². The van der Waals surface area contributed by atoms with Gasteiger partial charge in [0.25, 0.3) is 0 Å². The number of benzene rings is 3. The van der Waals surface area contributed by atoms with Gasteiger partial charge >= 0.3 is 5.97 Å². The van der Waals surface area contributed by atoms with Crippen molar-refractivity contribution in [2.45, 2.75) is 17.9 Å². The van der Waals surface area contributed by atoms with Gasteiger partial charge in [-0.25, -0.2) is 13.2 Å². The standard InChI is InChI=1S/C20H19NO4S/c1-2-25-20(22)19(16-9-4-3-5-10-16)21-26(23,24)18-13-12-15-8-6-7-11-17(15)14-18/h3-14,19,21H,2H2,1H3. The van der Waals surface area contributed by atoms with Gasteiger partial charge in [-0.1, -0.05) is 60.7 Å². The molecule has 1 unspecified atom stereocenters. The third-order valence-corrected chi connectivity index (χ3v) is 5.38. The maximum Gasteiger partial charge on any atom is 0.328 e. The SMILES string of the molecule is CCOC(=O)C(NS(=O)(=O)c1ccc2ccccc2c1)c1ccccc1. The van der Waals surface area contributed by atoms with E-state index in [1.807, 2.05) is 24.3 Å². The maximum atomic E-state index is 12.8. The van der Waals surface area contributed by atoms with E-state index in [4.69, 9.17) is 4.74 Å². The third kappa shape index (κ3) is 3.92. The van der Waals surface area contributed by atoms with E-state index in [9.17, 15) is 13.2 Å². The Morgan fingerprint density at radius 2 is 1.62 bits per heavy atom. The summed E-state index contributed by atoms with van der Waals surface area (Å²) < 4.78 is 33.2. The summed E-state index contributed by atoms with van der Waals surface area (Å²) in [5, 5.41) is 1.75. The highest BCUT2D eigenvalue weighted by Gasteiger charge is 2.28. The van der Waals surface area contributed by atoms with Gasteiger partial charge in [0.05, 0.1) is 11.5 Å². The van der Waals surface area contributed by atoms with Gasteiger partial charge in [0.2, 0.25) is 10.0 Å². The molecule has 6 heteroatoms. The molecule has 0 amide bonds. The first-order chi connectivity index (χ1) is 12.5. The van der Waals surface area contributed by atoms with Crippen molar-refractivity contribution in [2.24, 2.45) is 0 Å². The molecule has 0 spiro atoms. The van der Waals surface area contributed by atoms with E-state index >= 15 is 0 Å². The fraction of sp³-hybridized carbons (Fsp3) is 0.150. The first-order valence-electron chi connectivity index (χ1n) is 8.24. The smallest absolute Gasteiger partial charge is 0.328 e. The molecule has 3 rings (SSSR count). The summed E-state index contributed by atoms with van der Waals surface area (Å²) in [4.78, 5) is 12.4. The number of fused-ring (bicyclic) bond motifs is 1. The van der Waals surface area contributed by atoms with E-state index < -0.39 is 22.0 Å². The highest BCUT2D eigenvalue weighted by atomic mass is 32.2. The van der Waals surface area contributed by atoms with Crippen LogP contribution < -0.4 is 4.72 Å². The average molecular weight is 369 g/mol. The second-order valence-electron chi connectivity index (χ2n) is 5.73. The molecule has 5 nitrogen and oxygen atoms in total. The van der Waals surface area contributed by atoms with Gasteiger partial charge in [-0.3, -0.25) is 0 Å². The molecule has 0 aliphatic carbocycles. The van der Waals surface area contributed by atoms with Crippen LogP contribution in [0.1, 0.15) is 18.5 Å². The topological polar surface area (TPSA) is 72.5 Å². The molecule has 0 fully saturated rings. The lowest BCUT2D eigenvalue weighted by molar-refractivity contribution is -0.145. The summed E-state index contributed by atoms with van der Waals surface area (Å²) in [6.07, 6.45) is 0.